The lowest BCUT2D eigenvalue weighted by molar-refractivity contribution is -0.133. The molecule has 40 heavy (non-hydrogen) atoms. The topological polar surface area (TPSA) is 145 Å². The summed E-state index contributed by atoms with van der Waals surface area (Å²) in [6, 6.07) is 30.4. The largest absolute Gasteiger partial charge is 0.483 e. The fourth-order valence-corrected chi connectivity index (χ4v) is 4.17. The molecule has 0 saturated heterocycles. The molecule has 208 valence electrons. The van der Waals surface area contributed by atoms with E-state index in [9.17, 15) is 9.59 Å². The van der Waals surface area contributed by atoms with E-state index in [2.05, 4.69) is 22.8 Å². The maximum absolute atomic E-state index is 13.4. The maximum atomic E-state index is 13.4. The van der Waals surface area contributed by atoms with Gasteiger partial charge in [-0.2, -0.15) is 0 Å². The number of nitrogens with one attached hydrogen (secondary N) is 3. The molecule has 0 fully saturated rings. The van der Waals surface area contributed by atoms with Gasteiger partial charge in [0.1, 0.15) is 11.8 Å². The number of amidine groups is 1. The van der Waals surface area contributed by atoms with Crippen LogP contribution in [0, 0.1) is 11.3 Å². The lowest BCUT2D eigenvalue weighted by atomic mass is 9.96. The quantitative estimate of drug-likeness (QED) is 0.0821. The average molecular weight is 541 g/mol. The van der Waals surface area contributed by atoms with Gasteiger partial charge >= 0.3 is 0 Å². The number of nitrogen functional groups attached to an aromatic ring is 1. The summed E-state index contributed by atoms with van der Waals surface area (Å²) in [7, 11) is 0. The number of hydrogen-bond donors (Lipinski definition) is 5. The Bertz CT molecular complexity index is 1420. The molecule has 0 aliphatic heterocycles. The molecule has 4 aromatic carbocycles. The lowest BCUT2D eigenvalue weighted by Crippen LogP contribution is -2.39. The molecular formula is C32H36N4O4. The van der Waals surface area contributed by atoms with Crippen molar-refractivity contribution in [1.29, 1.82) is 5.41 Å². The van der Waals surface area contributed by atoms with Crippen LogP contribution in [0.25, 0.3) is 10.8 Å². The summed E-state index contributed by atoms with van der Waals surface area (Å²) < 4.78 is 0. The molecule has 0 radical (unpaired) electrons. The predicted octanol–water partition coefficient (Wildman–Crippen LogP) is 5.53. The highest BCUT2D eigenvalue weighted by atomic mass is 16.3. The van der Waals surface area contributed by atoms with E-state index in [-0.39, 0.29) is 37.6 Å². The van der Waals surface area contributed by atoms with Crippen LogP contribution in [0.15, 0.2) is 97.1 Å². The Hall–Kier alpha value is -4.98. The zero-order valence-electron chi connectivity index (χ0n) is 21.6. The number of nitrogens with two attached hydrogens (primary N) is 1. The van der Waals surface area contributed by atoms with Crippen molar-refractivity contribution < 1.29 is 19.5 Å². The van der Waals surface area contributed by atoms with Gasteiger partial charge in [0.15, 0.2) is 0 Å². The molecule has 0 heterocycles. The smallest absolute Gasteiger partial charge is 0.290 e. The maximum Gasteiger partial charge on any atom is 0.290 e. The first-order valence-corrected chi connectivity index (χ1v) is 12.5. The molecule has 4 rings (SSSR count). The second kappa shape index (κ2) is 15.4. The molecule has 0 aromatic heterocycles. The van der Waals surface area contributed by atoms with Gasteiger partial charge in [0.05, 0.1) is 6.04 Å². The fraction of sp³-hybridized carbons (Fsp3) is 0.188. The van der Waals surface area contributed by atoms with Crippen LogP contribution >= 0.6 is 0 Å². The van der Waals surface area contributed by atoms with E-state index in [1.807, 2.05) is 67.6 Å². The SMILES string of the molecule is C.C[C@@H](NC(=O)C(CCc1ccccc1)C(=O)Nc1ccc(C(=N)N)cc1)c1ccc2ccccc2c1.O=CO. The molecule has 8 nitrogen and oxygen atoms in total. The third-order valence-corrected chi connectivity index (χ3v) is 6.29. The van der Waals surface area contributed by atoms with Crippen LogP contribution in [0.4, 0.5) is 5.69 Å². The third kappa shape index (κ3) is 8.80. The minimum absolute atomic E-state index is 0. The van der Waals surface area contributed by atoms with Crippen molar-refractivity contribution >= 4 is 40.6 Å². The van der Waals surface area contributed by atoms with Gasteiger partial charge in [-0.05, 0) is 72.0 Å². The first kappa shape index (κ1) is 31.2. The Kier molecular flexibility index (Phi) is 12.1. The van der Waals surface area contributed by atoms with E-state index in [0.29, 0.717) is 24.1 Å². The molecule has 0 bridgehead atoms. The molecule has 4 aromatic rings. The highest BCUT2D eigenvalue weighted by Gasteiger charge is 2.28. The van der Waals surface area contributed by atoms with Crippen molar-refractivity contribution in [1.82, 2.24) is 5.32 Å². The van der Waals surface area contributed by atoms with E-state index in [4.69, 9.17) is 21.0 Å². The first-order valence-electron chi connectivity index (χ1n) is 12.5. The number of carbonyl (C=O) groups is 3. The number of rotatable bonds is 9. The standard InChI is InChI=1S/C30H30N4O2.CH2O2.CH4/c1-20(24-13-12-22-9-5-6-10-25(22)19-24)33-29(35)27(18-11-21-7-3-2-4-8-21)30(36)34-26-16-14-23(15-17-26)28(31)32;2-1-3;/h2-10,12-17,19-20,27H,11,18H2,1H3,(H3,31,32)(H,33,35)(H,34,36);1H,(H,2,3);1H4/t20-,27?;;/m1../s1. The molecule has 1 unspecified atom stereocenters. The van der Waals surface area contributed by atoms with Crippen molar-refractivity contribution in [3.63, 3.8) is 0 Å². The summed E-state index contributed by atoms with van der Waals surface area (Å²) in [5, 5.41) is 22.5. The number of anilines is 1. The minimum atomic E-state index is -0.874. The number of hydrogen-bond acceptors (Lipinski definition) is 4. The van der Waals surface area contributed by atoms with Gasteiger partial charge in [0.25, 0.3) is 6.47 Å². The summed E-state index contributed by atoms with van der Waals surface area (Å²) in [6.07, 6.45) is 0.970. The normalized spacial score (nSPS) is 11.5. The number of fused-ring (bicyclic) bond motifs is 1. The Morgan fingerprint density at radius 1 is 0.900 bits per heavy atom. The van der Waals surface area contributed by atoms with E-state index in [0.717, 1.165) is 21.9 Å². The number of aryl methyl sites for hydroxylation is 1. The van der Waals surface area contributed by atoms with Gasteiger partial charge in [0.2, 0.25) is 11.8 Å². The minimum Gasteiger partial charge on any atom is -0.483 e. The molecule has 2 amide bonds. The average Bonchev–Trinajstić information content (AvgIpc) is 2.94. The van der Waals surface area contributed by atoms with Crippen molar-refractivity contribution in [2.24, 2.45) is 11.7 Å². The molecule has 0 spiro atoms. The Balaban J connectivity index is 0.00000134. The molecule has 8 heteroatoms. The van der Waals surface area contributed by atoms with Crippen molar-refractivity contribution in [2.45, 2.75) is 33.2 Å². The molecule has 6 N–H and O–H groups in total. The Labute approximate surface area is 234 Å². The number of amides is 2. The predicted molar refractivity (Wildman–Crippen MR) is 160 cm³/mol. The van der Waals surface area contributed by atoms with Crippen LogP contribution in [-0.2, 0) is 20.8 Å². The summed E-state index contributed by atoms with van der Waals surface area (Å²) in [5.74, 6) is -1.61. The lowest BCUT2D eigenvalue weighted by Gasteiger charge is -2.21. The zero-order valence-corrected chi connectivity index (χ0v) is 21.6. The van der Waals surface area contributed by atoms with Gasteiger partial charge in [0, 0.05) is 11.3 Å². The fourth-order valence-electron chi connectivity index (χ4n) is 4.17. The summed E-state index contributed by atoms with van der Waals surface area (Å²) in [6.45, 7) is 1.68. The van der Waals surface area contributed by atoms with Gasteiger partial charge in [-0.15, -0.1) is 0 Å². The highest BCUT2D eigenvalue weighted by molar-refractivity contribution is 6.06. The van der Waals surface area contributed by atoms with Crippen LogP contribution < -0.4 is 16.4 Å². The van der Waals surface area contributed by atoms with Crippen LogP contribution in [0.2, 0.25) is 0 Å². The van der Waals surface area contributed by atoms with Crippen LogP contribution in [0.5, 0.6) is 0 Å². The van der Waals surface area contributed by atoms with Gasteiger partial charge in [-0.1, -0.05) is 74.2 Å². The van der Waals surface area contributed by atoms with Crippen LogP contribution in [0.1, 0.15) is 43.5 Å². The zero-order chi connectivity index (χ0) is 28.2. The second-order valence-electron chi connectivity index (χ2n) is 9.00. The van der Waals surface area contributed by atoms with E-state index in [1.54, 1.807) is 24.3 Å². The molecule has 0 saturated carbocycles. The summed E-state index contributed by atoms with van der Waals surface area (Å²) >= 11 is 0. The van der Waals surface area contributed by atoms with E-state index < -0.39 is 5.92 Å². The molecule has 0 aliphatic carbocycles. The van der Waals surface area contributed by atoms with E-state index in [1.165, 1.54) is 0 Å². The number of benzene rings is 4. The number of carbonyl (C=O) groups excluding carboxylic acids is 2. The highest BCUT2D eigenvalue weighted by Crippen LogP contribution is 2.22. The molecule has 2 atom stereocenters. The summed E-state index contributed by atoms with van der Waals surface area (Å²) in [4.78, 5) is 35.0. The summed E-state index contributed by atoms with van der Waals surface area (Å²) in [5.41, 5.74) is 8.67. The van der Waals surface area contributed by atoms with Gasteiger partial charge in [-0.3, -0.25) is 19.8 Å². The monoisotopic (exact) mass is 540 g/mol. The van der Waals surface area contributed by atoms with Gasteiger partial charge in [-0.25, -0.2) is 0 Å². The van der Waals surface area contributed by atoms with Crippen molar-refractivity contribution in [3.8, 4) is 0 Å². The van der Waals surface area contributed by atoms with E-state index >= 15 is 0 Å². The van der Waals surface area contributed by atoms with Crippen LogP contribution in [-0.4, -0.2) is 29.2 Å². The van der Waals surface area contributed by atoms with Crippen LogP contribution in [0.3, 0.4) is 0 Å². The Morgan fingerprint density at radius 2 is 1.50 bits per heavy atom. The van der Waals surface area contributed by atoms with Crippen molar-refractivity contribution in [3.05, 3.63) is 114 Å². The first-order chi connectivity index (χ1) is 18.8. The van der Waals surface area contributed by atoms with Gasteiger partial charge < -0.3 is 21.5 Å². The molecule has 0 aliphatic rings. The molecular weight excluding hydrogens is 504 g/mol. The third-order valence-electron chi connectivity index (χ3n) is 6.29. The number of carboxylic acid groups (broad SMARTS) is 1. The Morgan fingerprint density at radius 3 is 2.12 bits per heavy atom. The van der Waals surface area contributed by atoms with Crippen molar-refractivity contribution in [2.75, 3.05) is 5.32 Å². The second-order valence-corrected chi connectivity index (χ2v) is 9.00.